The predicted molar refractivity (Wildman–Crippen MR) is 121 cm³/mol. The highest BCUT2D eigenvalue weighted by Crippen LogP contribution is 2.40. The molecule has 0 spiro atoms. The fourth-order valence-electron chi connectivity index (χ4n) is 3.93. The number of aryl methyl sites for hydroxylation is 2. The number of rotatable bonds is 5. The molecule has 1 aliphatic carbocycles. The van der Waals surface area contributed by atoms with E-state index in [9.17, 15) is 0 Å². The number of allylic oxidation sites excluding steroid dienone is 4. The average molecular weight is 428 g/mol. The lowest BCUT2D eigenvalue weighted by Crippen LogP contribution is -2.12. The minimum absolute atomic E-state index is 0.0327. The van der Waals surface area contributed by atoms with Crippen LogP contribution in [0.3, 0.4) is 0 Å². The third kappa shape index (κ3) is 3.64. The zero-order valence-electron chi connectivity index (χ0n) is 17.3. The van der Waals surface area contributed by atoms with Gasteiger partial charge in [-0.2, -0.15) is 0 Å². The second-order valence-electron chi connectivity index (χ2n) is 7.73. The van der Waals surface area contributed by atoms with Gasteiger partial charge in [-0.05, 0) is 44.7 Å². The minimum Gasteiger partial charge on any atom is -0.310 e. The van der Waals surface area contributed by atoms with Crippen molar-refractivity contribution in [2.75, 3.05) is 0 Å². The molecule has 0 radical (unpaired) electrons. The lowest BCUT2D eigenvalue weighted by molar-refractivity contribution is 0.677. The van der Waals surface area contributed by atoms with Crippen LogP contribution in [0.5, 0.6) is 0 Å². The summed E-state index contributed by atoms with van der Waals surface area (Å²) in [6, 6.07) is -0.215. The Labute approximate surface area is 180 Å². The van der Waals surface area contributed by atoms with Crippen LogP contribution >= 0.6 is 22.9 Å². The molecule has 152 valence electrons. The predicted octanol–water partition coefficient (Wildman–Crippen LogP) is 5.80. The number of hydrogen-bond acceptors (Lipinski definition) is 5. The van der Waals surface area contributed by atoms with Crippen molar-refractivity contribution in [1.29, 1.82) is 5.41 Å². The maximum absolute atomic E-state index is 8.41. The first-order valence-electron chi connectivity index (χ1n) is 10.1. The highest BCUT2D eigenvalue weighted by atomic mass is 35.5. The van der Waals surface area contributed by atoms with Gasteiger partial charge >= 0.3 is 0 Å². The van der Waals surface area contributed by atoms with Crippen molar-refractivity contribution < 1.29 is 0 Å². The summed E-state index contributed by atoms with van der Waals surface area (Å²) in [5.41, 5.74) is 5.20. The van der Waals surface area contributed by atoms with Crippen LogP contribution in [-0.2, 0) is 0 Å². The zero-order chi connectivity index (χ0) is 20.7. The first-order valence-corrected chi connectivity index (χ1v) is 11.4. The fraction of sp³-hybridized carbons (Fsp3) is 0.455. The molecule has 0 aromatic carbocycles. The monoisotopic (exact) mass is 427 g/mol. The van der Waals surface area contributed by atoms with Crippen LogP contribution in [0.1, 0.15) is 66.3 Å². The molecule has 4 rings (SSSR count). The highest BCUT2D eigenvalue weighted by molar-refractivity contribution is 7.15. The number of nitrogens with zero attached hydrogens (tertiary/aromatic N) is 4. The molecule has 2 atom stereocenters. The maximum Gasteiger partial charge on any atom is 0.163 e. The van der Waals surface area contributed by atoms with Crippen molar-refractivity contribution in [3.05, 3.63) is 51.5 Å². The van der Waals surface area contributed by atoms with E-state index >= 15 is 0 Å². The van der Waals surface area contributed by atoms with Crippen LogP contribution in [0.15, 0.2) is 28.8 Å². The molecule has 0 bridgehead atoms. The quantitative estimate of drug-likeness (QED) is 0.483. The van der Waals surface area contributed by atoms with Crippen molar-refractivity contribution in [2.45, 2.75) is 64.8 Å². The first kappa shape index (κ1) is 20.2. The standard InChI is InChI=1S/C22H26ClN5S/c1-5-6-17(24)11-18-21-27-26-14(4)28(21)22-19(12(2)13(3)29-22)20(25-18)15-7-9-16(23)10-8-15/h7-9,16,18,24H,5-6,10-11H2,1-4H3/t16?,18-/m0/s1. The lowest BCUT2D eigenvalue weighted by Gasteiger charge is -2.16. The van der Waals surface area contributed by atoms with Crippen molar-refractivity contribution in [3.63, 3.8) is 0 Å². The zero-order valence-corrected chi connectivity index (χ0v) is 18.9. The topological polar surface area (TPSA) is 66.9 Å². The largest absolute Gasteiger partial charge is 0.310 e. The summed E-state index contributed by atoms with van der Waals surface area (Å²) in [4.78, 5) is 6.49. The summed E-state index contributed by atoms with van der Waals surface area (Å²) in [5.74, 6) is 1.69. The number of nitrogens with one attached hydrogen (secondary N) is 1. The minimum atomic E-state index is -0.215. The summed E-state index contributed by atoms with van der Waals surface area (Å²) in [6.07, 6.45) is 9.42. The molecule has 2 aromatic heterocycles. The van der Waals surface area contributed by atoms with Gasteiger partial charge in [-0.3, -0.25) is 9.56 Å². The van der Waals surface area contributed by atoms with Crippen LogP contribution in [0.25, 0.3) is 5.00 Å². The molecular formula is C22H26ClN5S. The molecule has 2 aliphatic rings. The van der Waals surface area contributed by atoms with Gasteiger partial charge in [0.25, 0.3) is 0 Å². The Balaban J connectivity index is 1.92. The summed E-state index contributed by atoms with van der Waals surface area (Å²) < 4.78 is 2.15. The van der Waals surface area contributed by atoms with E-state index in [1.165, 1.54) is 10.4 Å². The second kappa shape index (κ2) is 8.00. The van der Waals surface area contributed by atoms with Crippen LogP contribution in [0, 0.1) is 26.2 Å². The molecule has 7 heteroatoms. The van der Waals surface area contributed by atoms with E-state index in [4.69, 9.17) is 22.0 Å². The van der Waals surface area contributed by atoms with E-state index in [1.54, 1.807) is 11.3 Å². The van der Waals surface area contributed by atoms with Crippen LogP contribution < -0.4 is 0 Å². The number of hydrogen-bond donors (Lipinski definition) is 1. The van der Waals surface area contributed by atoms with E-state index in [1.807, 2.05) is 13.0 Å². The summed E-state index contributed by atoms with van der Waals surface area (Å²) in [6.45, 7) is 8.41. The Kier molecular flexibility index (Phi) is 5.58. The van der Waals surface area contributed by atoms with E-state index in [-0.39, 0.29) is 11.4 Å². The van der Waals surface area contributed by atoms with Gasteiger partial charge in [-0.25, -0.2) is 0 Å². The average Bonchev–Trinajstić information content (AvgIpc) is 3.15. The highest BCUT2D eigenvalue weighted by Gasteiger charge is 2.32. The van der Waals surface area contributed by atoms with Gasteiger partial charge in [0.05, 0.1) is 11.1 Å². The van der Waals surface area contributed by atoms with Crippen molar-refractivity contribution >= 4 is 34.4 Å². The molecule has 1 N–H and O–H groups in total. The van der Waals surface area contributed by atoms with Crippen molar-refractivity contribution in [1.82, 2.24) is 14.8 Å². The van der Waals surface area contributed by atoms with Gasteiger partial charge in [0, 0.05) is 22.6 Å². The van der Waals surface area contributed by atoms with Gasteiger partial charge in [0.2, 0.25) is 0 Å². The Morgan fingerprint density at radius 1 is 1.31 bits per heavy atom. The Morgan fingerprint density at radius 2 is 2.10 bits per heavy atom. The number of halogens is 1. The molecule has 0 fully saturated rings. The second-order valence-corrected chi connectivity index (χ2v) is 9.49. The number of alkyl halides is 1. The van der Waals surface area contributed by atoms with Crippen molar-refractivity contribution in [2.24, 2.45) is 4.99 Å². The fourth-order valence-corrected chi connectivity index (χ4v) is 5.31. The Morgan fingerprint density at radius 3 is 2.79 bits per heavy atom. The molecule has 0 saturated heterocycles. The number of aliphatic imine (C=N–C) groups is 1. The Bertz CT molecular complexity index is 1060. The van der Waals surface area contributed by atoms with Crippen LogP contribution in [0.4, 0.5) is 0 Å². The maximum atomic E-state index is 8.41. The van der Waals surface area contributed by atoms with E-state index < -0.39 is 0 Å². The van der Waals surface area contributed by atoms with Crippen molar-refractivity contribution in [3.8, 4) is 5.00 Å². The summed E-state index contributed by atoms with van der Waals surface area (Å²) in [7, 11) is 0. The van der Waals surface area contributed by atoms with E-state index in [2.05, 4.69) is 47.7 Å². The third-order valence-electron chi connectivity index (χ3n) is 5.55. The van der Waals surface area contributed by atoms with Gasteiger partial charge < -0.3 is 5.41 Å². The first-order chi connectivity index (χ1) is 13.9. The summed E-state index contributed by atoms with van der Waals surface area (Å²) in [5, 5.41) is 18.4. The van der Waals surface area contributed by atoms with E-state index in [0.717, 1.165) is 52.8 Å². The molecular weight excluding hydrogens is 402 g/mol. The number of thiophene rings is 1. The molecule has 1 aliphatic heterocycles. The van der Waals surface area contributed by atoms with Crippen LogP contribution in [0.2, 0.25) is 0 Å². The molecule has 5 nitrogen and oxygen atoms in total. The number of aromatic nitrogens is 3. The molecule has 0 amide bonds. The molecule has 0 saturated carbocycles. The van der Waals surface area contributed by atoms with E-state index in [0.29, 0.717) is 12.1 Å². The normalized spacial score (nSPS) is 20.6. The molecule has 2 aromatic rings. The third-order valence-corrected chi connectivity index (χ3v) is 7.07. The van der Waals surface area contributed by atoms with Gasteiger partial charge in [0.1, 0.15) is 16.9 Å². The SMILES string of the molecule is CCCC(=N)C[C@@H]1N=C(C2=CCC(Cl)C=C2)c2c(sc(C)c2C)-n2c(C)nnc21. The molecule has 3 heterocycles. The number of fused-ring (bicyclic) bond motifs is 3. The smallest absolute Gasteiger partial charge is 0.163 e. The Hall–Kier alpha value is -2.05. The van der Waals surface area contributed by atoms with Gasteiger partial charge in [-0.1, -0.05) is 31.6 Å². The van der Waals surface area contributed by atoms with Gasteiger partial charge in [-0.15, -0.1) is 33.1 Å². The molecule has 1 unspecified atom stereocenters. The summed E-state index contributed by atoms with van der Waals surface area (Å²) >= 11 is 8.04. The van der Waals surface area contributed by atoms with Gasteiger partial charge in [0.15, 0.2) is 5.82 Å². The lowest BCUT2D eigenvalue weighted by atomic mass is 9.95. The van der Waals surface area contributed by atoms with Crippen LogP contribution in [-0.4, -0.2) is 31.6 Å². The molecule has 29 heavy (non-hydrogen) atoms.